The lowest BCUT2D eigenvalue weighted by Gasteiger charge is -2.24. The summed E-state index contributed by atoms with van der Waals surface area (Å²) >= 11 is 0. The lowest BCUT2D eigenvalue weighted by molar-refractivity contribution is 0.0930. The van der Waals surface area contributed by atoms with Crippen molar-refractivity contribution in [1.82, 2.24) is 10.3 Å². The maximum atomic E-state index is 12.3. The van der Waals surface area contributed by atoms with Gasteiger partial charge in [0.05, 0.1) is 5.52 Å². The van der Waals surface area contributed by atoms with Crippen LogP contribution in [0.4, 0.5) is 0 Å². The number of rotatable bonds is 5. The maximum Gasteiger partial charge on any atom is 0.251 e. The van der Waals surface area contributed by atoms with E-state index in [1.807, 2.05) is 38.1 Å². The summed E-state index contributed by atoms with van der Waals surface area (Å²) in [6, 6.07) is 9.26. The van der Waals surface area contributed by atoms with Crippen LogP contribution in [0.3, 0.4) is 0 Å². The molecule has 20 heavy (non-hydrogen) atoms. The number of hydrogen-bond donors (Lipinski definition) is 2. The van der Waals surface area contributed by atoms with E-state index in [4.69, 9.17) is 5.11 Å². The van der Waals surface area contributed by atoms with Gasteiger partial charge in [-0.25, -0.2) is 0 Å². The molecule has 1 amide bonds. The highest BCUT2D eigenvalue weighted by Gasteiger charge is 2.19. The first-order valence-corrected chi connectivity index (χ1v) is 6.76. The van der Waals surface area contributed by atoms with E-state index in [-0.39, 0.29) is 17.9 Å². The quantitative estimate of drug-likeness (QED) is 0.878. The molecule has 2 rings (SSSR count). The molecule has 4 heteroatoms. The largest absolute Gasteiger partial charge is 0.396 e. The van der Waals surface area contributed by atoms with Crippen molar-refractivity contribution in [3.63, 3.8) is 0 Å². The summed E-state index contributed by atoms with van der Waals surface area (Å²) in [7, 11) is 0. The van der Waals surface area contributed by atoms with Gasteiger partial charge in [0, 0.05) is 30.3 Å². The minimum atomic E-state index is -0.118. The van der Waals surface area contributed by atoms with Crippen LogP contribution in [0.2, 0.25) is 0 Å². The second kappa shape index (κ2) is 6.01. The number of pyridine rings is 1. The maximum absolute atomic E-state index is 12.3. The summed E-state index contributed by atoms with van der Waals surface area (Å²) in [4.78, 5) is 16.6. The van der Waals surface area contributed by atoms with Crippen LogP contribution in [0, 0.1) is 5.41 Å². The van der Waals surface area contributed by atoms with Gasteiger partial charge in [-0.05, 0) is 30.0 Å². The lowest BCUT2D eigenvalue weighted by atomic mass is 9.89. The summed E-state index contributed by atoms with van der Waals surface area (Å²) < 4.78 is 0. The fourth-order valence-corrected chi connectivity index (χ4v) is 2.11. The highest BCUT2D eigenvalue weighted by molar-refractivity contribution is 6.06. The van der Waals surface area contributed by atoms with Gasteiger partial charge in [0.1, 0.15) is 0 Å². The minimum absolute atomic E-state index is 0.102. The molecule has 0 saturated carbocycles. The number of aliphatic hydroxyl groups excluding tert-OH is 1. The molecule has 0 aliphatic carbocycles. The molecule has 4 nitrogen and oxygen atoms in total. The predicted octanol–water partition coefficient (Wildman–Crippen LogP) is 2.37. The van der Waals surface area contributed by atoms with E-state index in [2.05, 4.69) is 10.3 Å². The Morgan fingerprint density at radius 3 is 2.85 bits per heavy atom. The van der Waals surface area contributed by atoms with E-state index in [1.165, 1.54) is 0 Å². The minimum Gasteiger partial charge on any atom is -0.396 e. The highest BCUT2D eigenvalue weighted by Crippen LogP contribution is 2.20. The Bertz CT molecular complexity index is 603. The van der Waals surface area contributed by atoms with Crippen LogP contribution in [-0.2, 0) is 0 Å². The zero-order valence-corrected chi connectivity index (χ0v) is 11.9. The molecule has 106 valence electrons. The molecule has 0 radical (unpaired) electrons. The molecule has 0 fully saturated rings. The van der Waals surface area contributed by atoms with Gasteiger partial charge in [0.2, 0.25) is 0 Å². The summed E-state index contributed by atoms with van der Waals surface area (Å²) in [5.41, 5.74) is 1.33. The van der Waals surface area contributed by atoms with Gasteiger partial charge >= 0.3 is 0 Å². The van der Waals surface area contributed by atoms with E-state index >= 15 is 0 Å². The van der Waals surface area contributed by atoms with Crippen molar-refractivity contribution in [2.45, 2.75) is 20.3 Å². The lowest BCUT2D eigenvalue weighted by Crippen LogP contribution is -2.34. The number of amides is 1. The molecule has 1 heterocycles. The van der Waals surface area contributed by atoms with E-state index in [9.17, 15) is 4.79 Å². The van der Waals surface area contributed by atoms with Gasteiger partial charge in [0.25, 0.3) is 5.91 Å². The van der Waals surface area contributed by atoms with Crippen LogP contribution in [0.25, 0.3) is 10.9 Å². The van der Waals surface area contributed by atoms with Crippen LogP contribution < -0.4 is 5.32 Å². The monoisotopic (exact) mass is 272 g/mol. The van der Waals surface area contributed by atoms with E-state index in [0.29, 0.717) is 18.5 Å². The number of benzene rings is 1. The normalized spacial score (nSPS) is 11.6. The molecule has 0 spiro atoms. The van der Waals surface area contributed by atoms with Crippen molar-refractivity contribution < 1.29 is 9.90 Å². The molecule has 0 aliphatic rings. The van der Waals surface area contributed by atoms with Crippen molar-refractivity contribution >= 4 is 16.8 Å². The molecule has 1 aromatic carbocycles. The molecule has 0 bridgehead atoms. The highest BCUT2D eigenvalue weighted by atomic mass is 16.3. The van der Waals surface area contributed by atoms with Gasteiger partial charge in [-0.2, -0.15) is 0 Å². The number of carbonyl (C=O) groups is 1. The molecule has 0 aliphatic heterocycles. The Morgan fingerprint density at radius 1 is 1.30 bits per heavy atom. The zero-order chi connectivity index (χ0) is 14.6. The van der Waals surface area contributed by atoms with Crippen molar-refractivity contribution in [3.05, 3.63) is 42.1 Å². The first-order chi connectivity index (χ1) is 9.53. The number of aromatic nitrogens is 1. The summed E-state index contributed by atoms with van der Waals surface area (Å²) in [6.45, 7) is 4.70. The summed E-state index contributed by atoms with van der Waals surface area (Å²) in [5, 5.41) is 12.8. The molecule has 1 aromatic heterocycles. The van der Waals surface area contributed by atoms with E-state index < -0.39 is 0 Å². The Kier molecular flexibility index (Phi) is 4.35. The SMILES string of the molecule is CC(C)(CCO)CNC(=O)c1cccc2ncccc12. The predicted molar refractivity (Wildman–Crippen MR) is 79.6 cm³/mol. The van der Waals surface area contributed by atoms with Gasteiger partial charge in [-0.15, -0.1) is 0 Å². The summed E-state index contributed by atoms with van der Waals surface area (Å²) in [5.74, 6) is -0.102. The van der Waals surface area contributed by atoms with E-state index in [0.717, 1.165) is 10.9 Å². The standard InChI is InChI=1S/C16H20N2O2/c1-16(2,8-10-19)11-18-15(20)13-5-3-7-14-12(13)6-4-9-17-14/h3-7,9,19H,8,10-11H2,1-2H3,(H,18,20). The second-order valence-electron chi connectivity index (χ2n) is 5.70. The third kappa shape index (κ3) is 3.33. The van der Waals surface area contributed by atoms with Gasteiger partial charge in [-0.3, -0.25) is 9.78 Å². The first kappa shape index (κ1) is 14.5. The Morgan fingerprint density at radius 2 is 2.10 bits per heavy atom. The smallest absolute Gasteiger partial charge is 0.251 e. The summed E-state index contributed by atoms with van der Waals surface area (Å²) in [6.07, 6.45) is 2.37. The van der Waals surface area contributed by atoms with Crippen LogP contribution in [0.5, 0.6) is 0 Å². The number of nitrogens with zero attached hydrogens (tertiary/aromatic N) is 1. The van der Waals surface area contributed by atoms with Gasteiger partial charge < -0.3 is 10.4 Å². The van der Waals surface area contributed by atoms with Crippen molar-refractivity contribution in [3.8, 4) is 0 Å². The van der Waals surface area contributed by atoms with Crippen LogP contribution in [0.1, 0.15) is 30.6 Å². The molecule has 2 aromatic rings. The number of carbonyl (C=O) groups excluding carboxylic acids is 1. The molecule has 0 atom stereocenters. The molecular weight excluding hydrogens is 252 g/mol. The van der Waals surface area contributed by atoms with Crippen LogP contribution in [-0.4, -0.2) is 29.1 Å². The topological polar surface area (TPSA) is 62.2 Å². The Labute approximate surface area is 118 Å². The molecule has 2 N–H and O–H groups in total. The number of aliphatic hydroxyl groups is 1. The van der Waals surface area contributed by atoms with Crippen molar-refractivity contribution in [1.29, 1.82) is 0 Å². The average molecular weight is 272 g/mol. The molecule has 0 unspecified atom stereocenters. The van der Waals surface area contributed by atoms with Crippen molar-refractivity contribution in [2.24, 2.45) is 5.41 Å². The second-order valence-corrected chi connectivity index (χ2v) is 5.70. The average Bonchev–Trinajstić information content (AvgIpc) is 2.44. The molecule has 0 saturated heterocycles. The zero-order valence-electron chi connectivity index (χ0n) is 11.9. The fourth-order valence-electron chi connectivity index (χ4n) is 2.11. The number of nitrogens with one attached hydrogen (secondary N) is 1. The van der Waals surface area contributed by atoms with Crippen molar-refractivity contribution in [2.75, 3.05) is 13.2 Å². The van der Waals surface area contributed by atoms with E-state index in [1.54, 1.807) is 12.3 Å². The fraction of sp³-hybridized carbons (Fsp3) is 0.375. The number of hydrogen-bond acceptors (Lipinski definition) is 3. The van der Waals surface area contributed by atoms with Gasteiger partial charge in [-0.1, -0.05) is 26.0 Å². The van der Waals surface area contributed by atoms with Crippen LogP contribution in [0.15, 0.2) is 36.5 Å². The number of fused-ring (bicyclic) bond motifs is 1. The van der Waals surface area contributed by atoms with Crippen LogP contribution >= 0.6 is 0 Å². The Hall–Kier alpha value is -1.94. The Balaban J connectivity index is 2.16. The molecular formula is C16H20N2O2. The first-order valence-electron chi connectivity index (χ1n) is 6.76. The third-order valence-electron chi connectivity index (χ3n) is 3.41. The third-order valence-corrected chi connectivity index (χ3v) is 3.41. The van der Waals surface area contributed by atoms with Gasteiger partial charge in [0.15, 0.2) is 0 Å².